The maximum atomic E-state index is 12.1. The van der Waals surface area contributed by atoms with E-state index in [2.05, 4.69) is 0 Å². The molecule has 8 heteroatoms. The van der Waals surface area contributed by atoms with E-state index in [9.17, 15) is 13.2 Å². The molecule has 1 N–H and O–H groups in total. The van der Waals surface area contributed by atoms with E-state index >= 15 is 0 Å². The minimum absolute atomic E-state index is 0.0104. The number of methoxy groups -OCH3 is 1. The molecule has 2 rings (SSSR count). The fourth-order valence-corrected chi connectivity index (χ4v) is 3.47. The van der Waals surface area contributed by atoms with Gasteiger partial charge in [-0.2, -0.15) is 5.26 Å². The summed E-state index contributed by atoms with van der Waals surface area (Å²) in [5, 5.41) is 18.2. The van der Waals surface area contributed by atoms with Gasteiger partial charge < -0.3 is 9.84 Å². The van der Waals surface area contributed by atoms with E-state index in [-0.39, 0.29) is 23.8 Å². The van der Waals surface area contributed by atoms with Crippen LogP contribution in [0.3, 0.4) is 0 Å². The van der Waals surface area contributed by atoms with Gasteiger partial charge in [0.2, 0.25) is 0 Å². The molecule has 1 aromatic rings. The zero-order valence-corrected chi connectivity index (χ0v) is 12.1. The van der Waals surface area contributed by atoms with Crippen LogP contribution in [0.15, 0.2) is 23.1 Å². The minimum atomic E-state index is -3.48. The number of sulfone groups is 1. The largest absolute Gasteiger partial charge is 0.465 e. The summed E-state index contributed by atoms with van der Waals surface area (Å²) in [6, 6.07) is 5.37. The van der Waals surface area contributed by atoms with Crippen LogP contribution in [0.25, 0.3) is 0 Å². The summed E-state index contributed by atoms with van der Waals surface area (Å²) in [4.78, 5) is 12.2. The van der Waals surface area contributed by atoms with Crippen molar-refractivity contribution >= 4 is 15.9 Å². The Morgan fingerprint density at radius 1 is 1.57 bits per heavy atom. The molecule has 0 saturated carbocycles. The lowest BCUT2D eigenvalue weighted by atomic mass is 10.1. The summed E-state index contributed by atoms with van der Waals surface area (Å²) < 4.78 is 28.9. The fourth-order valence-electron chi connectivity index (χ4n) is 2.25. The SMILES string of the molecule is COCCS(=O)(=O)c1ccc2c(c1)CN(C(=O)O)C2C#N. The Morgan fingerprint density at radius 3 is 2.86 bits per heavy atom. The number of ether oxygens (including phenoxy) is 1. The number of benzene rings is 1. The Labute approximate surface area is 122 Å². The van der Waals surface area contributed by atoms with Crippen molar-refractivity contribution in [2.75, 3.05) is 19.5 Å². The molecule has 0 spiro atoms. The maximum Gasteiger partial charge on any atom is 0.408 e. The molecule has 0 bridgehead atoms. The van der Waals surface area contributed by atoms with E-state index in [4.69, 9.17) is 15.1 Å². The Morgan fingerprint density at radius 2 is 2.29 bits per heavy atom. The van der Waals surface area contributed by atoms with E-state index in [1.165, 1.54) is 25.3 Å². The summed E-state index contributed by atoms with van der Waals surface area (Å²) in [5.41, 5.74) is 1.08. The molecule has 21 heavy (non-hydrogen) atoms. The number of fused-ring (bicyclic) bond motifs is 1. The average molecular weight is 310 g/mol. The normalized spacial score (nSPS) is 17.3. The van der Waals surface area contributed by atoms with Crippen molar-refractivity contribution in [2.24, 2.45) is 0 Å². The molecule has 1 amide bonds. The first-order chi connectivity index (χ1) is 9.90. The molecule has 1 aliphatic rings. The molecule has 1 aromatic carbocycles. The molecule has 0 saturated heterocycles. The number of carbonyl (C=O) groups is 1. The number of hydrogen-bond acceptors (Lipinski definition) is 5. The Bertz CT molecular complexity index is 708. The van der Waals surface area contributed by atoms with E-state index in [0.29, 0.717) is 11.1 Å². The van der Waals surface area contributed by atoms with Crippen LogP contribution in [-0.2, 0) is 21.1 Å². The highest BCUT2D eigenvalue weighted by atomic mass is 32.2. The van der Waals surface area contributed by atoms with Crippen molar-refractivity contribution in [3.05, 3.63) is 29.3 Å². The number of hydrogen-bond donors (Lipinski definition) is 1. The van der Waals surface area contributed by atoms with Crippen LogP contribution in [-0.4, -0.2) is 44.0 Å². The van der Waals surface area contributed by atoms with E-state index < -0.39 is 22.0 Å². The number of carboxylic acid groups (broad SMARTS) is 1. The van der Waals surface area contributed by atoms with Gasteiger partial charge in [-0.1, -0.05) is 6.07 Å². The van der Waals surface area contributed by atoms with Crippen molar-refractivity contribution in [2.45, 2.75) is 17.5 Å². The van der Waals surface area contributed by atoms with E-state index in [0.717, 1.165) is 4.90 Å². The molecule has 0 fully saturated rings. The van der Waals surface area contributed by atoms with Gasteiger partial charge in [-0.05, 0) is 23.3 Å². The predicted octanol–water partition coefficient (Wildman–Crippen LogP) is 1.16. The summed E-state index contributed by atoms with van der Waals surface area (Å²) in [6.07, 6.45) is -1.21. The smallest absolute Gasteiger partial charge is 0.408 e. The molecule has 1 aliphatic heterocycles. The van der Waals surface area contributed by atoms with Crippen LogP contribution < -0.4 is 0 Å². The lowest BCUT2D eigenvalue weighted by Gasteiger charge is -2.14. The first-order valence-corrected chi connectivity index (χ1v) is 7.79. The van der Waals surface area contributed by atoms with Gasteiger partial charge in [0.05, 0.1) is 29.9 Å². The molecule has 1 heterocycles. The number of nitrogens with zero attached hydrogens (tertiary/aromatic N) is 2. The van der Waals surface area contributed by atoms with Crippen LogP contribution in [0.4, 0.5) is 4.79 Å². The van der Waals surface area contributed by atoms with Crippen LogP contribution in [0.5, 0.6) is 0 Å². The van der Waals surface area contributed by atoms with Crippen LogP contribution in [0, 0.1) is 11.3 Å². The van der Waals surface area contributed by atoms with Gasteiger partial charge in [-0.15, -0.1) is 0 Å². The average Bonchev–Trinajstić information content (AvgIpc) is 2.83. The highest BCUT2D eigenvalue weighted by molar-refractivity contribution is 7.91. The zero-order valence-electron chi connectivity index (χ0n) is 11.3. The number of nitriles is 1. The monoisotopic (exact) mass is 310 g/mol. The van der Waals surface area contributed by atoms with E-state index in [1.54, 1.807) is 0 Å². The lowest BCUT2D eigenvalue weighted by molar-refractivity contribution is 0.138. The maximum absolute atomic E-state index is 12.1. The first kappa shape index (κ1) is 15.3. The zero-order chi connectivity index (χ0) is 15.6. The van der Waals surface area contributed by atoms with Crippen molar-refractivity contribution in [1.82, 2.24) is 4.90 Å². The molecular formula is C13H14N2O5S. The van der Waals surface area contributed by atoms with Crippen molar-refractivity contribution in [3.8, 4) is 6.07 Å². The lowest BCUT2D eigenvalue weighted by Crippen LogP contribution is -2.26. The summed E-state index contributed by atoms with van der Waals surface area (Å²) in [5.74, 6) is -0.146. The molecule has 0 aromatic heterocycles. The molecule has 1 atom stereocenters. The van der Waals surface area contributed by atoms with Crippen molar-refractivity contribution in [3.63, 3.8) is 0 Å². The van der Waals surface area contributed by atoms with Crippen LogP contribution >= 0.6 is 0 Å². The second-order valence-corrected chi connectivity index (χ2v) is 6.72. The van der Waals surface area contributed by atoms with Gasteiger partial charge in [0.15, 0.2) is 9.84 Å². The third-order valence-corrected chi connectivity index (χ3v) is 5.02. The third kappa shape index (κ3) is 2.84. The number of amides is 1. The second kappa shape index (κ2) is 5.71. The van der Waals surface area contributed by atoms with Gasteiger partial charge in [-0.25, -0.2) is 13.2 Å². The topological polar surface area (TPSA) is 108 Å². The second-order valence-electron chi connectivity index (χ2n) is 4.61. The Kier molecular flexibility index (Phi) is 4.16. The van der Waals surface area contributed by atoms with Gasteiger partial charge in [0.25, 0.3) is 0 Å². The highest BCUT2D eigenvalue weighted by Crippen LogP contribution is 2.34. The van der Waals surface area contributed by atoms with Gasteiger partial charge >= 0.3 is 6.09 Å². The predicted molar refractivity (Wildman–Crippen MR) is 72.3 cm³/mol. The Hall–Kier alpha value is -2.11. The quantitative estimate of drug-likeness (QED) is 0.894. The molecule has 7 nitrogen and oxygen atoms in total. The standard InChI is InChI=1S/C13H14N2O5S/c1-20-4-5-21(18,19)10-2-3-11-9(6-10)8-15(13(16)17)12(11)7-14/h2-3,6,12H,4-5,8H2,1H3,(H,16,17). The fraction of sp³-hybridized carbons (Fsp3) is 0.385. The molecular weight excluding hydrogens is 296 g/mol. The van der Waals surface area contributed by atoms with Crippen LogP contribution in [0.1, 0.15) is 17.2 Å². The van der Waals surface area contributed by atoms with Gasteiger partial charge in [0, 0.05) is 7.11 Å². The third-order valence-electron chi connectivity index (χ3n) is 3.34. The van der Waals surface area contributed by atoms with Crippen molar-refractivity contribution in [1.29, 1.82) is 5.26 Å². The van der Waals surface area contributed by atoms with Gasteiger partial charge in [-0.3, -0.25) is 4.90 Å². The first-order valence-electron chi connectivity index (χ1n) is 6.14. The summed E-state index contributed by atoms with van der Waals surface area (Å²) in [6.45, 7) is 0.0953. The minimum Gasteiger partial charge on any atom is -0.465 e. The van der Waals surface area contributed by atoms with Gasteiger partial charge in [0.1, 0.15) is 6.04 Å². The van der Waals surface area contributed by atoms with E-state index in [1.807, 2.05) is 6.07 Å². The number of rotatable bonds is 4. The molecule has 1 unspecified atom stereocenters. The molecule has 0 aliphatic carbocycles. The summed E-state index contributed by atoms with van der Waals surface area (Å²) >= 11 is 0. The summed E-state index contributed by atoms with van der Waals surface area (Å²) in [7, 11) is -2.06. The Balaban J connectivity index is 2.37. The molecule has 0 radical (unpaired) electrons. The molecule has 112 valence electrons. The highest BCUT2D eigenvalue weighted by Gasteiger charge is 2.34. The van der Waals surface area contributed by atoms with Crippen molar-refractivity contribution < 1.29 is 23.1 Å². The van der Waals surface area contributed by atoms with Crippen LogP contribution in [0.2, 0.25) is 0 Å².